The van der Waals surface area contributed by atoms with Crippen molar-refractivity contribution in [1.29, 1.82) is 0 Å². The number of aromatic carboxylic acids is 1. The zero-order valence-electron chi connectivity index (χ0n) is 27.2. The quantitative estimate of drug-likeness (QED) is 0.0992. The van der Waals surface area contributed by atoms with Crippen molar-refractivity contribution < 1.29 is 47.9 Å². The molecule has 0 bridgehead atoms. The lowest BCUT2D eigenvalue weighted by Crippen LogP contribution is -2.35. The number of pyridine rings is 1. The first-order valence-corrected chi connectivity index (χ1v) is 16.6. The standard InChI is InChI=1S/C33H32Cl2FN3O7S.CH2O2/c1-37-11-10-20(15-37)46-33(42)39(28-7-5-4-6-27(28)36)16-21-13-23(31(47-21)32(40)41)22(14-24-25(34)17-38(43)18-26(24)35)19-8-9-29(44-2)30(12-19)45-3;2-1-3/h4-9,12-13,17-18,20,22H,10-11,14-16H2,1-3H3,(H,40,41);1H,(H,2,3)/t20-,22+;/m1./s1. The number of aromatic nitrogens is 1. The molecule has 1 aliphatic heterocycles. The maximum Gasteiger partial charge on any atom is 0.415 e. The van der Waals surface area contributed by atoms with Crippen LogP contribution in [0.3, 0.4) is 0 Å². The highest BCUT2D eigenvalue weighted by Crippen LogP contribution is 2.41. The number of carbonyl (C=O) groups excluding carboxylic acids is 1. The Kier molecular flexibility index (Phi) is 13.2. The molecule has 50 heavy (non-hydrogen) atoms. The Hall–Kier alpha value is -4.63. The molecule has 0 radical (unpaired) electrons. The van der Waals surface area contributed by atoms with E-state index in [1.165, 1.54) is 49.7 Å². The molecule has 4 aromatic rings. The summed E-state index contributed by atoms with van der Waals surface area (Å²) in [6.45, 7) is 0.901. The van der Waals surface area contributed by atoms with Crippen molar-refractivity contribution in [1.82, 2.24) is 4.90 Å². The van der Waals surface area contributed by atoms with Crippen LogP contribution in [0.15, 0.2) is 60.9 Å². The number of likely N-dealkylation sites (tertiary alicyclic amines) is 1. The van der Waals surface area contributed by atoms with Crippen molar-refractivity contribution in [2.75, 3.05) is 39.3 Å². The number of nitrogens with zero attached hydrogens (tertiary/aromatic N) is 3. The van der Waals surface area contributed by atoms with Crippen molar-refractivity contribution in [3.8, 4) is 11.5 Å². The molecule has 3 heterocycles. The number of methoxy groups -OCH3 is 2. The third-order valence-electron chi connectivity index (χ3n) is 7.95. The molecule has 16 heteroatoms. The number of carbonyl (C=O) groups is 3. The lowest BCUT2D eigenvalue weighted by Gasteiger charge is -2.24. The van der Waals surface area contributed by atoms with Gasteiger partial charge in [-0.1, -0.05) is 41.4 Å². The van der Waals surface area contributed by atoms with Gasteiger partial charge in [-0.05, 0) is 61.3 Å². The minimum atomic E-state index is -1.20. The smallest absolute Gasteiger partial charge is 0.415 e. The van der Waals surface area contributed by atoms with Gasteiger partial charge in [0.25, 0.3) is 6.47 Å². The number of ether oxygens (including phenoxy) is 3. The third kappa shape index (κ3) is 9.13. The maximum absolute atomic E-state index is 15.1. The van der Waals surface area contributed by atoms with Gasteiger partial charge in [-0.2, -0.15) is 4.73 Å². The van der Waals surface area contributed by atoms with Gasteiger partial charge in [0.2, 0.25) is 0 Å². The van der Waals surface area contributed by atoms with Gasteiger partial charge in [0.15, 0.2) is 23.9 Å². The first-order valence-electron chi connectivity index (χ1n) is 15.0. The summed E-state index contributed by atoms with van der Waals surface area (Å²) < 4.78 is 32.3. The maximum atomic E-state index is 15.1. The second-order valence-electron chi connectivity index (χ2n) is 11.2. The number of carboxylic acids is 1. The Morgan fingerprint density at radius 3 is 2.38 bits per heavy atom. The number of amides is 1. The number of rotatable bonds is 11. The van der Waals surface area contributed by atoms with E-state index in [0.29, 0.717) is 50.8 Å². The number of hydrogen-bond donors (Lipinski definition) is 2. The van der Waals surface area contributed by atoms with E-state index in [0.717, 1.165) is 17.9 Å². The van der Waals surface area contributed by atoms with Gasteiger partial charge < -0.3 is 34.5 Å². The lowest BCUT2D eigenvalue weighted by molar-refractivity contribution is -0.605. The van der Waals surface area contributed by atoms with Gasteiger partial charge in [0, 0.05) is 29.4 Å². The number of halogens is 3. The van der Waals surface area contributed by atoms with Crippen molar-refractivity contribution in [3.63, 3.8) is 0 Å². The summed E-state index contributed by atoms with van der Waals surface area (Å²) in [5.41, 5.74) is 1.48. The highest BCUT2D eigenvalue weighted by Gasteiger charge is 2.31. The predicted molar refractivity (Wildman–Crippen MR) is 185 cm³/mol. The largest absolute Gasteiger partial charge is 0.619 e. The molecule has 0 aliphatic carbocycles. The minimum absolute atomic E-state index is 0.000818. The van der Waals surface area contributed by atoms with Gasteiger partial charge in [-0.3, -0.25) is 9.69 Å². The Morgan fingerprint density at radius 1 is 1.14 bits per heavy atom. The average Bonchev–Trinajstić information content (AvgIpc) is 3.69. The predicted octanol–water partition coefficient (Wildman–Crippen LogP) is 6.47. The fraction of sp³-hybridized carbons (Fsp3) is 0.294. The molecule has 0 unspecified atom stereocenters. The first kappa shape index (κ1) is 38.2. The van der Waals surface area contributed by atoms with Crippen LogP contribution in [0.25, 0.3) is 0 Å². The molecule has 2 N–H and O–H groups in total. The van der Waals surface area contributed by atoms with Crippen LogP contribution >= 0.6 is 34.5 Å². The Labute approximate surface area is 301 Å². The van der Waals surface area contributed by atoms with Crippen LogP contribution in [0.1, 0.15) is 43.6 Å². The summed E-state index contributed by atoms with van der Waals surface area (Å²) >= 11 is 13.9. The van der Waals surface area contributed by atoms with Crippen LogP contribution in [0, 0.1) is 11.0 Å². The van der Waals surface area contributed by atoms with E-state index in [1.807, 2.05) is 11.9 Å². The summed E-state index contributed by atoms with van der Waals surface area (Å²) in [7, 11) is 4.91. The fourth-order valence-corrected chi connectivity index (χ4v) is 7.29. The van der Waals surface area contributed by atoms with E-state index in [1.54, 1.807) is 30.3 Å². The Balaban J connectivity index is 0.00000181. The van der Waals surface area contributed by atoms with Crippen LogP contribution in [-0.2, 0) is 22.5 Å². The Morgan fingerprint density at radius 2 is 1.80 bits per heavy atom. The second-order valence-corrected chi connectivity index (χ2v) is 13.1. The van der Waals surface area contributed by atoms with Gasteiger partial charge in [-0.25, -0.2) is 14.0 Å². The van der Waals surface area contributed by atoms with Crippen molar-refractivity contribution >= 4 is 58.8 Å². The molecule has 1 saturated heterocycles. The molecule has 0 saturated carbocycles. The number of anilines is 1. The molecule has 2 atom stereocenters. The van der Waals surface area contributed by atoms with Gasteiger partial charge in [-0.15, -0.1) is 11.3 Å². The summed E-state index contributed by atoms with van der Waals surface area (Å²) in [5, 5.41) is 29.5. The number of carboxylic acid groups (broad SMARTS) is 2. The fourth-order valence-electron chi connectivity index (χ4n) is 5.64. The monoisotopic (exact) mass is 749 g/mol. The first-order chi connectivity index (χ1) is 23.9. The van der Waals surface area contributed by atoms with Crippen molar-refractivity contribution in [2.45, 2.75) is 31.4 Å². The van der Waals surface area contributed by atoms with E-state index in [4.69, 9.17) is 47.3 Å². The van der Waals surface area contributed by atoms with Gasteiger partial charge in [0.05, 0.1) is 26.5 Å². The molecule has 2 aromatic heterocycles. The molecular formula is C34H34Cl2FN3O9S. The minimum Gasteiger partial charge on any atom is -0.619 e. The number of hydrogen-bond acceptors (Lipinski definition) is 9. The summed E-state index contributed by atoms with van der Waals surface area (Å²) in [4.78, 5) is 38.3. The molecular weight excluding hydrogens is 716 g/mol. The Bertz CT molecular complexity index is 1820. The number of para-hydroxylation sites is 1. The molecule has 0 spiro atoms. The van der Waals surface area contributed by atoms with Crippen LogP contribution in [0.2, 0.25) is 10.0 Å². The molecule has 1 aliphatic rings. The average molecular weight is 751 g/mol. The zero-order valence-corrected chi connectivity index (χ0v) is 29.5. The van der Waals surface area contributed by atoms with E-state index in [2.05, 4.69) is 0 Å². The highest BCUT2D eigenvalue weighted by molar-refractivity contribution is 7.14. The summed E-state index contributed by atoms with van der Waals surface area (Å²) in [6.07, 6.45) is 1.99. The summed E-state index contributed by atoms with van der Waals surface area (Å²) in [5.74, 6) is -1.61. The third-order valence-corrected chi connectivity index (χ3v) is 9.73. The van der Waals surface area contributed by atoms with E-state index >= 15 is 4.39 Å². The van der Waals surface area contributed by atoms with E-state index < -0.39 is 23.8 Å². The van der Waals surface area contributed by atoms with Crippen LogP contribution < -0.4 is 19.1 Å². The topological polar surface area (TPSA) is 153 Å². The van der Waals surface area contributed by atoms with Crippen LogP contribution in [-0.4, -0.2) is 74.1 Å². The van der Waals surface area contributed by atoms with Crippen LogP contribution in [0.5, 0.6) is 11.5 Å². The normalized spacial score (nSPS) is 14.6. The zero-order chi connectivity index (χ0) is 36.5. The van der Waals surface area contributed by atoms with Crippen molar-refractivity contribution in [2.24, 2.45) is 0 Å². The van der Waals surface area contributed by atoms with Gasteiger partial charge in [0.1, 0.15) is 26.8 Å². The second kappa shape index (κ2) is 17.3. The number of benzene rings is 2. The summed E-state index contributed by atoms with van der Waals surface area (Å²) in [6, 6.07) is 12.7. The molecule has 12 nitrogen and oxygen atoms in total. The van der Waals surface area contributed by atoms with E-state index in [-0.39, 0.29) is 46.2 Å². The molecule has 2 aromatic carbocycles. The number of thiophene rings is 1. The molecule has 1 amide bonds. The molecule has 266 valence electrons. The van der Waals surface area contributed by atoms with Gasteiger partial charge >= 0.3 is 12.1 Å². The highest BCUT2D eigenvalue weighted by atomic mass is 35.5. The SMILES string of the molecule is COc1ccc([C@H](Cc2c(Cl)c[n+]([O-])cc2Cl)c2cc(CN(C(=O)O[C@@H]3CCN(C)C3)c3ccccc3F)sc2C(=O)O)cc1OC.O=CO. The van der Waals surface area contributed by atoms with Crippen LogP contribution in [0.4, 0.5) is 14.9 Å². The van der Waals surface area contributed by atoms with Crippen molar-refractivity contribution in [3.05, 3.63) is 108 Å². The van der Waals surface area contributed by atoms with E-state index in [9.17, 15) is 19.9 Å². The number of likely N-dealkylation sites (N-methyl/N-ethyl adjacent to an activating group) is 1. The molecule has 1 fully saturated rings. The molecule has 5 rings (SSSR count). The lowest BCUT2D eigenvalue weighted by atomic mass is 9.85.